The van der Waals surface area contributed by atoms with Gasteiger partial charge in [0.25, 0.3) is 0 Å². The average Bonchev–Trinajstić information content (AvgIpc) is 2.54. The van der Waals surface area contributed by atoms with E-state index in [9.17, 15) is 4.79 Å². The fraction of sp³-hybridized carbons (Fsp3) is 0.188. The van der Waals surface area contributed by atoms with E-state index < -0.39 is 0 Å². The van der Waals surface area contributed by atoms with Gasteiger partial charge in [0.2, 0.25) is 5.91 Å². The molecule has 0 saturated carbocycles. The standard InChI is InChI=1S/C16H14BrClN2O3/c17-12-7-14-15(23-5-4-22-14)8-13(12)20-16(21)9-19-11-3-1-2-10(18)6-11/h1-3,6-8,19H,4-5,9H2,(H,20,21). The van der Waals surface area contributed by atoms with E-state index in [1.165, 1.54) is 0 Å². The van der Waals surface area contributed by atoms with Crippen molar-refractivity contribution in [2.24, 2.45) is 0 Å². The summed E-state index contributed by atoms with van der Waals surface area (Å²) in [4.78, 5) is 12.1. The lowest BCUT2D eigenvalue weighted by molar-refractivity contribution is -0.114. The van der Waals surface area contributed by atoms with Gasteiger partial charge in [-0.3, -0.25) is 4.79 Å². The van der Waals surface area contributed by atoms with Gasteiger partial charge in [-0.15, -0.1) is 0 Å². The van der Waals surface area contributed by atoms with Gasteiger partial charge in [-0.05, 0) is 34.1 Å². The highest BCUT2D eigenvalue weighted by Gasteiger charge is 2.16. The van der Waals surface area contributed by atoms with Crippen molar-refractivity contribution in [2.75, 3.05) is 30.4 Å². The van der Waals surface area contributed by atoms with Gasteiger partial charge in [-0.2, -0.15) is 0 Å². The summed E-state index contributed by atoms with van der Waals surface area (Å²) in [5.41, 5.74) is 1.42. The SMILES string of the molecule is O=C(CNc1cccc(Cl)c1)Nc1cc2c(cc1Br)OCCO2. The van der Waals surface area contributed by atoms with Crippen LogP contribution in [0.15, 0.2) is 40.9 Å². The number of anilines is 2. The summed E-state index contributed by atoms with van der Waals surface area (Å²) in [6.45, 7) is 1.15. The largest absolute Gasteiger partial charge is 0.486 e. The third-order valence-electron chi connectivity index (χ3n) is 3.18. The van der Waals surface area contributed by atoms with Crippen molar-refractivity contribution in [3.05, 3.63) is 45.9 Å². The van der Waals surface area contributed by atoms with Crippen molar-refractivity contribution < 1.29 is 14.3 Å². The van der Waals surface area contributed by atoms with Gasteiger partial charge in [0.1, 0.15) is 13.2 Å². The monoisotopic (exact) mass is 396 g/mol. The normalized spacial score (nSPS) is 12.6. The zero-order valence-corrected chi connectivity index (χ0v) is 14.4. The number of nitrogens with one attached hydrogen (secondary N) is 2. The summed E-state index contributed by atoms with van der Waals surface area (Å²) >= 11 is 9.33. The van der Waals surface area contributed by atoms with E-state index >= 15 is 0 Å². The molecule has 1 amide bonds. The number of halogens is 2. The van der Waals surface area contributed by atoms with Crippen molar-refractivity contribution in [1.29, 1.82) is 0 Å². The van der Waals surface area contributed by atoms with Crippen LogP contribution < -0.4 is 20.1 Å². The number of carbonyl (C=O) groups is 1. The molecule has 0 spiro atoms. The van der Waals surface area contributed by atoms with E-state index in [2.05, 4.69) is 26.6 Å². The Hall–Kier alpha value is -1.92. The summed E-state index contributed by atoms with van der Waals surface area (Å²) in [6.07, 6.45) is 0. The first-order valence-corrected chi connectivity index (χ1v) is 8.17. The first-order valence-electron chi connectivity index (χ1n) is 7.00. The van der Waals surface area contributed by atoms with Crippen molar-refractivity contribution in [3.63, 3.8) is 0 Å². The van der Waals surface area contributed by atoms with Crippen molar-refractivity contribution >= 4 is 44.8 Å². The maximum absolute atomic E-state index is 12.1. The first kappa shape index (κ1) is 16.0. The predicted octanol–water partition coefficient (Wildman–Crippen LogP) is 3.92. The maximum Gasteiger partial charge on any atom is 0.243 e. The number of rotatable bonds is 4. The summed E-state index contributed by atoms with van der Waals surface area (Å²) < 4.78 is 11.7. The van der Waals surface area contributed by atoms with Crippen molar-refractivity contribution in [3.8, 4) is 11.5 Å². The van der Waals surface area contributed by atoms with Crippen LogP contribution in [0, 0.1) is 0 Å². The van der Waals surface area contributed by atoms with Crippen LogP contribution in [-0.4, -0.2) is 25.7 Å². The van der Waals surface area contributed by atoms with Crippen LogP contribution in [0.5, 0.6) is 11.5 Å². The Morgan fingerprint density at radius 1 is 1.17 bits per heavy atom. The van der Waals surface area contributed by atoms with E-state index in [-0.39, 0.29) is 12.5 Å². The molecule has 120 valence electrons. The molecule has 5 nitrogen and oxygen atoms in total. The third kappa shape index (κ3) is 4.09. The Balaban J connectivity index is 1.63. The summed E-state index contributed by atoms with van der Waals surface area (Å²) in [6, 6.07) is 10.7. The fourth-order valence-electron chi connectivity index (χ4n) is 2.13. The van der Waals surface area contributed by atoms with E-state index in [0.29, 0.717) is 35.4 Å². The molecule has 1 heterocycles. The number of benzene rings is 2. The zero-order chi connectivity index (χ0) is 16.2. The highest BCUT2D eigenvalue weighted by Crippen LogP contribution is 2.38. The van der Waals surface area contributed by atoms with Crippen LogP contribution >= 0.6 is 27.5 Å². The van der Waals surface area contributed by atoms with Gasteiger partial charge in [-0.25, -0.2) is 0 Å². The minimum absolute atomic E-state index is 0.126. The topological polar surface area (TPSA) is 59.6 Å². The van der Waals surface area contributed by atoms with Gasteiger partial charge < -0.3 is 20.1 Å². The molecule has 0 unspecified atom stereocenters. The lowest BCUT2D eigenvalue weighted by Crippen LogP contribution is -2.22. The molecule has 3 rings (SSSR count). The van der Waals surface area contributed by atoms with Crippen LogP contribution in [0.3, 0.4) is 0 Å². The molecule has 1 aliphatic heterocycles. The van der Waals surface area contributed by atoms with Gasteiger partial charge in [0.15, 0.2) is 11.5 Å². The Bertz CT molecular complexity index is 739. The molecule has 0 aromatic heterocycles. The van der Waals surface area contributed by atoms with E-state index in [4.69, 9.17) is 21.1 Å². The predicted molar refractivity (Wildman–Crippen MR) is 93.7 cm³/mol. The fourth-order valence-corrected chi connectivity index (χ4v) is 2.75. The third-order valence-corrected chi connectivity index (χ3v) is 4.07. The second-order valence-electron chi connectivity index (χ2n) is 4.89. The maximum atomic E-state index is 12.1. The molecule has 0 atom stereocenters. The van der Waals surface area contributed by atoms with Crippen LogP contribution in [0.4, 0.5) is 11.4 Å². The van der Waals surface area contributed by atoms with Crippen LogP contribution in [0.2, 0.25) is 5.02 Å². The minimum atomic E-state index is -0.178. The molecule has 0 radical (unpaired) electrons. The number of hydrogen-bond acceptors (Lipinski definition) is 4. The molecular formula is C16H14BrClN2O3. The summed E-state index contributed by atoms with van der Waals surface area (Å²) in [5, 5.41) is 6.46. The highest BCUT2D eigenvalue weighted by atomic mass is 79.9. The molecule has 23 heavy (non-hydrogen) atoms. The molecule has 0 fully saturated rings. The first-order chi connectivity index (χ1) is 11.1. The van der Waals surface area contributed by atoms with Crippen LogP contribution in [0.1, 0.15) is 0 Å². The van der Waals surface area contributed by atoms with E-state index in [0.717, 1.165) is 10.2 Å². The Labute approximate surface area is 147 Å². The second kappa shape index (κ2) is 7.10. The van der Waals surface area contributed by atoms with Crippen molar-refractivity contribution in [2.45, 2.75) is 0 Å². The minimum Gasteiger partial charge on any atom is -0.486 e. The second-order valence-corrected chi connectivity index (χ2v) is 6.18. The number of hydrogen-bond donors (Lipinski definition) is 2. The zero-order valence-electron chi connectivity index (χ0n) is 12.1. The highest BCUT2D eigenvalue weighted by molar-refractivity contribution is 9.10. The Morgan fingerprint density at radius 2 is 1.91 bits per heavy atom. The Kier molecular flexibility index (Phi) is 4.93. The van der Waals surface area contributed by atoms with Gasteiger partial charge in [0, 0.05) is 27.3 Å². The molecule has 2 N–H and O–H groups in total. The average molecular weight is 398 g/mol. The molecule has 0 aliphatic carbocycles. The molecule has 2 aromatic carbocycles. The number of carbonyl (C=O) groups excluding carboxylic acids is 1. The lowest BCUT2D eigenvalue weighted by atomic mass is 10.2. The van der Waals surface area contributed by atoms with Gasteiger partial charge in [0.05, 0.1) is 12.2 Å². The molecule has 1 aliphatic rings. The quantitative estimate of drug-likeness (QED) is 0.821. The number of fused-ring (bicyclic) bond motifs is 1. The molecule has 0 bridgehead atoms. The summed E-state index contributed by atoms with van der Waals surface area (Å²) in [7, 11) is 0. The molecule has 0 saturated heterocycles. The lowest BCUT2D eigenvalue weighted by Gasteiger charge is -2.20. The van der Waals surface area contributed by atoms with Gasteiger partial charge in [-0.1, -0.05) is 17.7 Å². The Morgan fingerprint density at radius 3 is 2.65 bits per heavy atom. The van der Waals surface area contributed by atoms with E-state index in [1.807, 2.05) is 12.1 Å². The van der Waals surface area contributed by atoms with Crippen LogP contribution in [0.25, 0.3) is 0 Å². The van der Waals surface area contributed by atoms with E-state index in [1.54, 1.807) is 24.3 Å². The molecular weight excluding hydrogens is 384 g/mol. The van der Waals surface area contributed by atoms with Gasteiger partial charge >= 0.3 is 0 Å². The molecule has 7 heteroatoms. The van der Waals surface area contributed by atoms with Crippen molar-refractivity contribution in [1.82, 2.24) is 0 Å². The van der Waals surface area contributed by atoms with Crippen LogP contribution in [-0.2, 0) is 4.79 Å². The smallest absolute Gasteiger partial charge is 0.243 e. The molecule has 2 aromatic rings. The number of ether oxygens (including phenoxy) is 2. The summed E-state index contributed by atoms with van der Waals surface area (Å²) in [5.74, 6) is 1.11. The number of amides is 1.